The molecule has 6 nitrogen and oxygen atoms in total. The highest BCUT2D eigenvalue weighted by atomic mass is 35.5. The molecule has 9 heteroatoms. The number of hydrogen-bond donors (Lipinski definition) is 2. The molecule has 0 saturated carbocycles. The molecule has 0 aliphatic heterocycles. The van der Waals surface area contributed by atoms with Gasteiger partial charge in [0.2, 0.25) is 0 Å². The lowest BCUT2D eigenvalue weighted by Gasteiger charge is -2.16. The van der Waals surface area contributed by atoms with Gasteiger partial charge < -0.3 is 10.1 Å². The minimum absolute atomic E-state index is 0.0208. The van der Waals surface area contributed by atoms with Gasteiger partial charge in [-0.15, -0.1) is 0 Å². The zero-order valence-corrected chi connectivity index (χ0v) is 19.0. The van der Waals surface area contributed by atoms with E-state index in [4.69, 9.17) is 16.3 Å². The molecule has 0 unspecified atom stereocenters. The van der Waals surface area contributed by atoms with Crippen LogP contribution in [-0.4, -0.2) is 20.9 Å². The van der Waals surface area contributed by atoms with Crippen molar-refractivity contribution in [3.05, 3.63) is 88.7 Å². The van der Waals surface area contributed by atoms with E-state index in [-0.39, 0.29) is 29.1 Å². The van der Waals surface area contributed by atoms with Crippen molar-refractivity contribution in [1.29, 1.82) is 0 Å². The first-order chi connectivity index (χ1) is 15.1. The Morgan fingerprint density at radius 3 is 2.34 bits per heavy atom. The minimum Gasteiger partial charge on any atom is -0.484 e. The topological polar surface area (TPSA) is 84.5 Å². The Bertz CT molecular complexity index is 1200. The van der Waals surface area contributed by atoms with Crippen LogP contribution in [0, 0.1) is 12.7 Å². The van der Waals surface area contributed by atoms with Gasteiger partial charge in [0.15, 0.2) is 6.61 Å². The molecule has 0 heterocycles. The molecular formula is C23H22ClFN2O4S. The molecule has 32 heavy (non-hydrogen) atoms. The molecule has 0 aliphatic rings. The number of carbonyl (C=O) groups excluding carboxylic acids is 1. The van der Waals surface area contributed by atoms with Crippen molar-refractivity contribution in [3.8, 4) is 5.75 Å². The van der Waals surface area contributed by atoms with E-state index in [0.717, 1.165) is 5.56 Å². The molecule has 3 aromatic rings. The van der Waals surface area contributed by atoms with Crippen molar-refractivity contribution in [2.75, 3.05) is 11.3 Å². The first-order valence-corrected chi connectivity index (χ1v) is 11.6. The van der Waals surface area contributed by atoms with E-state index in [1.165, 1.54) is 42.5 Å². The van der Waals surface area contributed by atoms with E-state index in [0.29, 0.717) is 16.3 Å². The van der Waals surface area contributed by atoms with Crippen LogP contribution in [0.4, 0.5) is 10.1 Å². The number of aryl methyl sites for hydroxylation is 1. The van der Waals surface area contributed by atoms with Crippen LogP contribution in [-0.2, 0) is 14.8 Å². The summed E-state index contributed by atoms with van der Waals surface area (Å²) in [4.78, 5) is 12.3. The largest absolute Gasteiger partial charge is 0.484 e. The summed E-state index contributed by atoms with van der Waals surface area (Å²) in [5.41, 5.74) is 1.70. The van der Waals surface area contributed by atoms with Crippen LogP contribution < -0.4 is 14.8 Å². The van der Waals surface area contributed by atoms with Gasteiger partial charge in [-0.25, -0.2) is 12.8 Å². The molecule has 0 aromatic heterocycles. The minimum atomic E-state index is -3.86. The molecule has 0 spiro atoms. The Morgan fingerprint density at radius 1 is 1.06 bits per heavy atom. The van der Waals surface area contributed by atoms with Crippen molar-refractivity contribution in [3.63, 3.8) is 0 Å². The Kier molecular flexibility index (Phi) is 7.37. The number of rotatable bonds is 8. The molecule has 2 N–H and O–H groups in total. The summed E-state index contributed by atoms with van der Waals surface area (Å²) in [5.74, 6) is -0.390. The summed E-state index contributed by atoms with van der Waals surface area (Å²) < 4.78 is 46.1. The average Bonchev–Trinajstić information content (AvgIpc) is 2.74. The Hall–Kier alpha value is -3.10. The first kappa shape index (κ1) is 23.6. The fourth-order valence-corrected chi connectivity index (χ4v) is 4.21. The second-order valence-corrected chi connectivity index (χ2v) is 9.29. The molecular weight excluding hydrogens is 455 g/mol. The van der Waals surface area contributed by atoms with Gasteiger partial charge in [0, 0.05) is 10.7 Å². The van der Waals surface area contributed by atoms with E-state index in [9.17, 15) is 17.6 Å². The number of amides is 1. The third kappa shape index (κ3) is 6.21. The number of ether oxygens (including phenoxy) is 1. The molecule has 3 aromatic carbocycles. The average molecular weight is 477 g/mol. The van der Waals surface area contributed by atoms with Gasteiger partial charge in [-0.2, -0.15) is 0 Å². The maximum Gasteiger partial charge on any atom is 0.261 e. The second-order valence-electron chi connectivity index (χ2n) is 7.17. The highest BCUT2D eigenvalue weighted by Crippen LogP contribution is 2.24. The zero-order chi connectivity index (χ0) is 23.3. The van der Waals surface area contributed by atoms with Crippen molar-refractivity contribution >= 4 is 33.2 Å². The standard InChI is InChI=1S/C23H22ClFN2O4S/c1-15-13-21(32(29,30)27-20-9-7-19(25)8-10-20)11-12-22(15)31-14-23(28)26-16(2)17-3-5-18(24)6-4-17/h3-13,16,27H,14H2,1-2H3,(H,26,28)/t16-/m1/s1. The van der Waals surface area contributed by atoms with Gasteiger partial charge in [0.05, 0.1) is 10.9 Å². The second kappa shape index (κ2) is 10.0. The third-order valence-electron chi connectivity index (χ3n) is 4.66. The number of nitrogens with one attached hydrogen (secondary N) is 2. The van der Waals surface area contributed by atoms with Gasteiger partial charge >= 0.3 is 0 Å². The molecule has 168 valence electrons. The summed E-state index contributed by atoms with van der Waals surface area (Å²) in [6, 6.07) is 16.2. The lowest BCUT2D eigenvalue weighted by Crippen LogP contribution is -2.31. The van der Waals surface area contributed by atoms with Crippen LogP contribution in [0.1, 0.15) is 24.1 Å². The number of carbonyl (C=O) groups is 1. The maximum atomic E-state index is 13.0. The van der Waals surface area contributed by atoms with Crippen LogP contribution in [0.5, 0.6) is 5.75 Å². The van der Waals surface area contributed by atoms with Crippen LogP contribution in [0.15, 0.2) is 71.6 Å². The molecule has 0 radical (unpaired) electrons. The molecule has 0 saturated heterocycles. The van der Waals surface area contributed by atoms with E-state index < -0.39 is 15.8 Å². The predicted molar refractivity (Wildman–Crippen MR) is 122 cm³/mol. The van der Waals surface area contributed by atoms with Gasteiger partial charge in [0.25, 0.3) is 15.9 Å². The number of anilines is 1. The molecule has 0 aliphatic carbocycles. The highest BCUT2D eigenvalue weighted by molar-refractivity contribution is 7.92. The summed E-state index contributed by atoms with van der Waals surface area (Å²) >= 11 is 5.88. The fraction of sp³-hybridized carbons (Fsp3) is 0.174. The van der Waals surface area contributed by atoms with Crippen molar-refractivity contribution in [2.45, 2.75) is 24.8 Å². The van der Waals surface area contributed by atoms with E-state index in [1.807, 2.05) is 19.1 Å². The molecule has 0 fully saturated rings. The van der Waals surface area contributed by atoms with Gasteiger partial charge in [-0.3, -0.25) is 9.52 Å². The van der Waals surface area contributed by atoms with Crippen molar-refractivity contribution < 1.29 is 22.3 Å². The van der Waals surface area contributed by atoms with E-state index in [2.05, 4.69) is 10.0 Å². The summed E-state index contributed by atoms with van der Waals surface area (Å²) in [6.45, 7) is 3.30. The zero-order valence-electron chi connectivity index (χ0n) is 17.4. The molecule has 0 bridgehead atoms. The summed E-state index contributed by atoms with van der Waals surface area (Å²) in [5, 5.41) is 3.45. The van der Waals surface area contributed by atoms with Gasteiger partial charge in [-0.05, 0) is 79.6 Å². The highest BCUT2D eigenvalue weighted by Gasteiger charge is 2.17. The van der Waals surface area contributed by atoms with Crippen molar-refractivity contribution in [1.82, 2.24) is 5.32 Å². The number of sulfonamides is 1. The fourth-order valence-electron chi connectivity index (χ4n) is 2.94. The van der Waals surface area contributed by atoms with E-state index >= 15 is 0 Å². The summed E-state index contributed by atoms with van der Waals surface area (Å²) in [6.07, 6.45) is 0. The van der Waals surface area contributed by atoms with E-state index in [1.54, 1.807) is 19.1 Å². The Balaban J connectivity index is 1.60. The normalized spacial score (nSPS) is 12.1. The summed E-state index contributed by atoms with van der Waals surface area (Å²) in [7, 11) is -3.86. The Morgan fingerprint density at radius 2 is 1.72 bits per heavy atom. The third-order valence-corrected chi connectivity index (χ3v) is 6.29. The smallest absolute Gasteiger partial charge is 0.261 e. The lowest BCUT2D eigenvalue weighted by atomic mass is 10.1. The SMILES string of the molecule is Cc1cc(S(=O)(=O)Nc2ccc(F)cc2)ccc1OCC(=O)N[C@H](C)c1ccc(Cl)cc1. The molecule has 1 atom stereocenters. The quantitative estimate of drug-likeness (QED) is 0.487. The van der Waals surface area contributed by atoms with Crippen LogP contribution in [0.25, 0.3) is 0 Å². The number of halogens is 2. The van der Waals surface area contributed by atoms with Crippen LogP contribution >= 0.6 is 11.6 Å². The van der Waals surface area contributed by atoms with Crippen LogP contribution in [0.2, 0.25) is 5.02 Å². The molecule has 1 amide bonds. The van der Waals surface area contributed by atoms with Crippen LogP contribution in [0.3, 0.4) is 0 Å². The maximum absolute atomic E-state index is 13.0. The first-order valence-electron chi connectivity index (χ1n) is 9.71. The Labute approximate surface area is 191 Å². The van der Waals surface area contributed by atoms with Gasteiger partial charge in [-0.1, -0.05) is 23.7 Å². The number of hydrogen-bond acceptors (Lipinski definition) is 4. The van der Waals surface area contributed by atoms with Gasteiger partial charge in [0.1, 0.15) is 11.6 Å². The molecule has 3 rings (SSSR count). The van der Waals surface area contributed by atoms with Crippen molar-refractivity contribution in [2.24, 2.45) is 0 Å². The monoisotopic (exact) mass is 476 g/mol. The lowest BCUT2D eigenvalue weighted by molar-refractivity contribution is -0.123. The number of benzene rings is 3. The predicted octanol–water partition coefficient (Wildman–Crippen LogP) is 4.84.